The molecule has 0 heterocycles. The van der Waals surface area contributed by atoms with Gasteiger partial charge in [-0.05, 0) is 31.2 Å². The molecule has 26 heavy (non-hydrogen) atoms. The van der Waals surface area contributed by atoms with Crippen molar-refractivity contribution in [3.8, 4) is 17.2 Å². The number of rotatable bonds is 8. The predicted molar refractivity (Wildman–Crippen MR) is 95.0 cm³/mol. The molecule has 0 aromatic heterocycles. The van der Waals surface area contributed by atoms with Crippen LogP contribution in [-0.4, -0.2) is 37.8 Å². The molecule has 0 aliphatic heterocycles. The van der Waals surface area contributed by atoms with E-state index in [-0.39, 0.29) is 35.6 Å². The lowest BCUT2D eigenvalue weighted by atomic mass is 10.1. The van der Waals surface area contributed by atoms with Gasteiger partial charge in [-0.3, -0.25) is 4.79 Å². The highest BCUT2D eigenvalue weighted by Crippen LogP contribution is 2.28. The highest BCUT2D eigenvalue weighted by atomic mass is 16.5. The Hall–Kier alpha value is -3.22. The van der Waals surface area contributed by atoms with Crippen LogP contribution in [0.2, 0.25) is 0 Å². The maximum absolute atomic E-state index is 12.2. The Morgan fingerprint density at radius 3 is 2.38 bits per heavy atom. The van der Waals surface area contributed by atoms with Crippen LogP contribution in [0.3, 0.4) is 0 Å². The van der Waals surface area contributed by atoms with Crippen LogP contribution < -0.4 is 19.5 Å². The third-order valence-corrected chi connectivity index (χ3v) is 3.75. The molecule has 0 radical (unpaired) electrons. The molecular weight excluding hydrogens is 338 g/mol. The van der Waals surface area contributed by atoms with Gasteiger partial charge in [0.05, 0.1) is 25.8 Å². The van der Waals surface area contributed by atoms with Gasteiger partial charge in [0.15, 0.2) is 18.1 Å². The first-order valence-electron chi connectivity index (χ1n) is 7.92. The summed E-state index contributed by atoms with van der Waals surface area (Å²) in [5, 5.41) is 11.8. The Morgan fingerprint density at radius 1 is 1.04 bits per heavy atom. The number of carboxylic acid groups (broad SMARTS) is 1. The lowest BCUT2D eigenvalue weighted by Crippen LogP contribution is -2.31. The number of carbonyl (C=O) groups is 2. The summed E-state index contributed by atoms with van der Waals surface area (Å²) in [6.45, 7) is 1.61. The van der Waals surface area contributed by atoms with Gasteiger partial charge in [0, 0.05) is 5.56 Å². The number of amides is 1. The maximum Gasteiger partial charge on any atom is 0.335 e. The van der Waals surface area contributed by atoms with Gasteiger partial charge in [0.1, 0.15) is 5.75 Å². The first kappa shape index (κ1) is 19.1. The van der Waals surface area contributed by atoms with E-state index < -0.39 is 5.97 Å². The fourth-order valence-electron chi connectivity index (χ4n) is 2.45. The largest absolute Gasteiger partial charge is 0.496 e. The van der Waals surface area contributed by atoms with Gasteiger partial charge in [-0.25, -0.2) is 4.79 Å². The predicted octanol–water partition coefficient (Wildman–Crippen LogP) is 2.66. The van der Waals surface area contributed by atoms with Crippen LogP contribution in [0.25, 0.3) is 0 Å². The average Bonchev–Trinajstić information content (AvgIpc) is 2.65. The SMILES string of the molecule is COc1cc(C(=O)O)ccc1OCC(=O)NC(C)c1ccccc1OC. The minimum absolute atomic E-state index is 0.0726. The van der Waals surface area contributed by atoms with Crippen LogP contribution in [0.15, 0.2) is 42.5 Å². The fourth-order valence-corrected chi connectivity index (χ4v) is 2.45. The zero-order valence-electron chi connectivity index (χ0n) is 14.8. The monoisotopic (exact) mass is 359 g/mol. The van der Waals surface area contributed by atoms with Crippen molar-refractivity contribution in [2.45, 2.75) is 13.0 Å². The van der Waals surface area contributed by atoms with Gasteiger partial charge in [0.25, 0.3) is 5.91 Å². The molecule has 0 spiro atoms. The fraction of sp³-hybridized carbons (Fsp3) is 0.263. The molecule has 138 valence electrons. The second kappa shape index (κ2) is 8.75. The van der Waals surface area contributed by atoms with E-state index >= 15 is 0 Å². The Morgan fingerprint density at radius 2 is 1.73 bits per heavy atom. The van der Waals surface area contributed by atoms with Crippen molar-refractivity contribution < 1.29 is 28.9 Å². The van der Waals surface area contributed by atoms with Crippen molar-refractivity contribution in [3.63, 3.8) is 0 Å². The van der Waals surface area contributed by atoms with Crippen molar-refractivity contribution in [1.82, 2.24) is 5.32 Å². The van der Waals surface area contributed by atoms with E-state index in [0.717, 1.165) is 5.56 Å². The summed E-state index contributed by atoms with van der Waals surface area (Å²) in [5.74, 6) is -0.175. The number of carbonyl (C=O) groups excluding carboxylic acids is 1. The number of nitrogens with one attached hydrogen (secondary N) is 1. The molecular formula is C19H21NO6. The van der Waals surface area contributed by atoms with Crippen LogP contribution in [-0.2, 0) is 4.79 Å². The molecule has 2 aromatic rings. The molecule has 0 saturated carbocycles. The summed E-state index contributed by atoms with van der Waals surface area (Å²) in [7, 11) is 2.97. The minimum atomic E-state index is -1.07. The number of aromatic carboxylic acids is 1. The van der Waals surface area contributed by atoms with Crippen LogP contribution in [0.4, 0.5) is 0 Å². The van der Waals surface area contributed by atoms with E-state index in [2.05, 4.69) is 5.32 Å². The summed E-state index contributed by atoms with van der Waals surface area (Å²) in [6.07, 6.45) is 0. The van der Waals surface area contributed by atoms with E-state index in [0.29, 0.717) is 5.75 Å². The first-order chi connectivity index (χ1) is 12.5. The Labute approximate surface area is 151 Å². The quantitative estimate of drug-likeness (QED) is 0.753. The Kier molecular flexibility index (Phi) is 6.43. The molecule has 7 heteroatoms. The van der Waals surface area contributed by atoms with Gasteiger partial charge in [-0.2, -0.15) is 0 Å². The molecule has 0 saturated heterocycles. The van der Waals surface area contributed by atoms with Crippen LogP contribution in [0, 0.1) is 0 Å². The van der Waals surface area contributed by atoms with Crippen LogP contribution >= 0.6 is 0 Å². The normalized spacial score (nSPS) is 11.3. The molecule has 2 rings (SSSR count). The van der Waals surface area contributed by atoms with Crippen molar-refractivity contribution in [2.75, 3.05) is 20.8 Å². The summed E-state index contributed by atoms with van der Waals surface area (Å²) >= 11 is 0. The first-order valence-corrected chi connectivity index (χ1v) is 7.92. The van der Waals surface area contributed by atoms with Crippen LogP contribution in [0.5, 0.6) is 17.2 Å². The number of hydrogen-bond donors (Lipinski definition) is 2. The summed E-state index contributed by atoms with van der Waals surface area (Å²) in [4.78, 5) is 23.1. The van der Waals surface area contributed by atoms with Gasteiger partial charge in [-0.1, -0.05) is 18.2 Å². The van der Waals surface area contributed by atoms with Gasteiger partial charge in [-0.15, -0.1) is 0 Å². The van der Waals surface area contributed by atoms with Crippen molar-refractivity contribution in [1.29, 1.82) is 0 Å². The van der Waals surface area contributed by atoms with E-state index in [4.69, 9.17) is 19.3 Å². The molecule has 1 unspecified atom stereocenters. The highest BCUT2D eigenvalue weighted by molar-refractivity contribution is 5.88. The lowest BCUT2D eigenvalue weighted by molar-refractivity contribution is -0.123. The topological polar surface area (TPSA) is 94.1 Å². The molecule has 2 aromatic carbocycles. The molecule has 0 bridgehead atoms. The van der Waals surface area contributed by atoms with E-state index in [9.17, 15) is 9.59 Å². The molecule has 2 N–H and O–H groups in total. The third-order valence-electron chi connectivity index (χ3n) is 3.75. The Bertz CT molecular complexity index is 789. The van der Waals surface area contributed by atoms with Gasteiger partial charge < -0.3 is 24.6 Å². The van der Waals surface area contributed by atoms with Crippen molar-refractivity contribution in [2.24, 2.45) is 0 Å². The maximum atomic E-state index is 12.2. The second-order valence-electron chi connectivity index (χ2n) is 5.49. The van der Waals surface area contributed by atoms with Gasteiger partial charge in [0.2, 0.25) is 0 Å². The molecule has 7 nitrogen and oxygen atoms in total. The second-order valence-corrected chi connectivity index (χ2v) is 5.49. The number of methoxy groups -OCH3 is 2. The van der Waals surface area contributed by atoms with Crippen molar-refractivity contribution >= 4 is 11.9 Å². The van der Waals surface area contributed by atoms with E-state index in [1.165, 1.54) is 25.3 Å². The number of carboxylic acids is 1. The smallest absolute Gasteiger partial charge is 0.335 e. The molecule has 1 amide bonds. The third kappa shape index (κ3) is 4.66. The highest BCUT2D eigenvalue weighted by Gasteiger charge is 2.15. The summed E-state index contributed by atoms with van der Waals surface area (Å²) < 4.78 is 15.9. The molecule has 0 fully saturated rings. The van der Waals surface area contributed by atoms with Crippen LogP contribution in [0.1, 0.15) is 28.9 Å². The lowest BCUT2D eigenvalue weighted by Gasteiger charge is -2.17. The number of benzene rings is 2. The molecule has 1 atom stereocenters. The van der Waals surface area contributed by atoms with Crippen molar-refractivity contribution in [3.05, 3.63) is 53.6 Å². The number of para-hydroxylation sites is 1. The van der Waals surface area contributed by atoms with Gasteiger partial charge >= 0.3 is 5.97 Å². The average molecular weight is 359 g/mol. The standard InChI is InChI=1S/C19H21NO6/c1-12(14-6-4-5-7-15(14)24-2)20-18(21)11-26-16-9-8-13(19(22)23)10-17(16)25-3/h4-10,12H,11H2,1-3H3,(H,20,21)(H,22,23). The molecule has 0 aliphatic rings. The number of ether oxygens (including phenoxy) is 3. The zero-order chi connectivity index (χ0) is 19.1. The van der Waals surface area contributed by atoms with E-state index in [1.807, 2.05) is 31.2 Å². The number of hydrogen-bond acceptors (Lipinski definition) is 5. The minimum Gasteiger partial charge on any atom is -0.496 e. The zero-order valence-corrected chi connectivity index (χ0v) is 14.8. The summed E-state index contributed by atoms with van der Waals surface area (Å²) in [6, 6.07) is 11.3. The molecule has 0 aliphatic carbocycles. The summed E-state index contributed by atoms with van der Waals surface area (Å²) in [5.41, 5.74) is 0.926. The van der Waals surface area contributed by atoms with E-state index in [1.54, 1.807) is 7.11 Å². The Balaban J connectivity index is 1.99.